The minimum atomic E-state index is -5.19. The quantitative estimate of drug-likeness (QED) is 0.646. The van der Waals surface area contributed by atoms with Crippen LogP contribution in [0.15, 0.2) is 106 Å². The van der Waals surface area contributed by atoms with Crippen molar-refractivity contribution in [3.05, 3.63) is 91.0 Å². The number of alkyl halides is 3. The van der Waals surface area contributed by atoms with Crippen molar-refractivity contribution in [1.29, 1.82) is 0 Å². The molecule has 3 rings (SSSR count). The smallest absolute Gasteiger partial charge is 0.430 e. The van der Waals surface area contributed by atoms with Crippen LogP contribution in [0.2, 0.25) is 0 Å². The molecule has 6 heteroatoms. The summed E-state index contributed by atoms with van der Waals surface area (Å²) >= 11 is 0. The molecule has 0 bridgehead atoms. The van der Waals surface area contributed by atoms with Gasteiger partial charge in [-0.3, -0.25) is 0 Å². The zero-order chi connectivity index (χ0) is 19.0. The van der Waals surface area contributed by atoms with Crippen molar-refractivity contribution in [1.82, 2.24) is 0 Å². The minimum Gasteiger partial charge on any atom is -0.542 e. The highest BCUT2D eigenvalue weighted by Crippen LogP contribution is 2.30. The van der Waals surface area contributed by atoms with E-state index < -0.39 is 12.1 Å². The van der Waals surface area contributed by atoms with Gasteiger partial charge in [0.25, 0.3) is 0 Å². The van der Waals surface area contributed by atoms with Gasteiger partial charge >= 0.3 is 6.18 Å². The van der Waals surface area contributed by atoms with Crippen molar-refractivity contribution in [2.24, 2.45) is 0 Å². The first-order chi connectivity index (χ1) is 12.4. The van der Waals surface area contributed by atoms with Crippen LogP contribution in [0.4, 0.5) is 13.2 Å². The molecule has 26 heavy (non-hydrogen) atoms. The van der Waals surface area contributed by atoms with Gasteiger partial charge in [0.2, 0.25) is 0 Å². The molecule has 0 saturated heterocycles. The number of carbonyl (C=O) groups excluding carboxylic acids is 1. The Morgan fingerprint density at radius 3 is 1.08 bits per heavy atom. The molecule has 0 aliphatic carbocycles. The van der Waals surface area contributed by atoms with Crippen LogP contribution >= 0.6 is 0 Å². The lowest BCUT2D eigenvalue weighted by Gasteiger charge is -2.07. The van der Waals surface area contributed by atoms with Crippen molar-refractivity contribution in [2.45, 2.75) is 20.9 Å². The monoisotopic (exact) mass is 376 g/mol. The second-order valence-electron chi connectivity index (χ2n) is 5.03. The Morgan fingerprint density at radius 2 is 0.885 bits per heavy atom. The SMILES string of the molecule is O=C([O-])C(F)(F)F.c1ccc([S+](c2ccccc2)c2ccccc2)cc1. The van der Waals surface area contributed by atoms with Gasteiger partial charge in [0.15, 0.2) is 14.7 Å². The maximum Gasteiger partial charge on any atom is 0.430 e. The maximum absolute atomic E-state index is 10.5. The molecule has 0 fully saturated rings. The van der Waals surface area contributed by atoms with Crippen molar-refractivity contribution in [2.75, 3.05) is 0 Å². The fraction of sp³-hybridized carbons (Fsp3) is 0.0500. The summed E-state index contributed by atoms with van der Waals surface area (Å²) in [6.45, 7) is 0. The third-order valence-electron chi connectivity index (χ3n) is 3.17. The van der Waals surface area contributed by atoms with Crippen molar-refractivity contribution >= 4 is 16.9 Å². The van der Waals surface area contributed by atoms with E-state index in [2.05, 4.69) is 91.0 Å². The Hall–Kier alpha value is -2.73. The van der Waals surface area contributed by atoms with Gasteiger partial charge in [-0.2, -0.15) is 13.2 Å². The standard InChI is InChI=1S/C18H15S.C2HF3O2/c1-4-10-16(11-5-1)19(17-12-6-2-7-13-17)18-14-8-3-9-15-18;3-2(4,5)1(6)7/h1-15H;(H,6,7)/q+1;/p-1. The fourth-order valence-electron chi connectivity index (χ4n) is 2.08. The van der Waals surface area contributed by atoms with E-state index >= 15 is 0 Å². The van der Waals surface area contributed by atoms with Crippen LogP contribution in [-0.4, -0.2) is 12.1 Å². The maximum atomic E-state index is 10.5. The topological polar surface area (TPSA) is 40.1 Å². The largest absolute Gasteiger partial charge is 0.542 e. The molecule has 0 amide bonds. The third kappa shape index (κ3) is 5.67. The van der Waals surface area contributed by atoms with Gasteiger partial charge in [-0.25, -0.2) is 0 Å². The van der Waals surface area contributed by atoms with E-state index in [1.54, 1.807) is 0 Å². The molecule has 0 atom stereocenters. The molecule has 0 unspecified atom stereocenters. The van der Waals surface area contributed by atoms with Crippen LogP contribution < -0.4 is 5.11 Å². The number of carboxylic acids is 1. The van der Waals surface area contributed by atoms with Crippen LogP contribution in [-0.2, 0) is 15.7 Å². The van der Waals surface area contributed by atoms with Crippen LogP contribution in [0.1, 0.15) is 0 Å². The Kier molecular flexibility index (Phi) is 6.86. The molecule has 0 aromatic heterocycles. The van der Waals surface area contributed by atoms with Gasteiger partial charge in [0, 0.05) is 0 Å². The summed E-state index contributed by atoms with van der Waals surface area (Å²) in [4.78, 5) is 12.9. The second-order valence-corrected chi connectivity index (χ2v) is 7.06. The van der Waals surface area contributed by atoms with E-state index in [0.717, 1.165) is 0 Å². The number of rotatable bonds is 3. The average Bonchev–Trinajstić information content (AvgIpc) is 2.64. The van der Waals surface area contributed by atoms with Gasteiger partial charge < -0.3 is 9.90 Å². The van der Waals surface area contributed by atoms with Crippen LogP contribution in [0.3, 0.4) is 0 Å². The Labute approximate surface area is 152 Å². The first-order valence-electron chi connectivity index (χ1n) is 7.57. The highest BCUT2D eigenvalue weighted by atomic mass is 32.2. The van der Waals surface area contributed by atoms with E-state index in [1.807, 2.05) is 0 Å². The molecule has 0 N–H and O–H groups in total. The highest BCUT2D eigenvalue weighted by molar-refractivity contribution is 7.97. The molecular weight excluding hydrogens is 361 g/mol. The number of hydrogen-bond donors (Lipinski definition) is 0. The lowest BCUT2D eigenvalue weighted by Crippen LogP contribution is -2.37. The molecule has 3 aromatic carbocycles. The summed E-state index contributed by atoms with van der Waals surface area (Å²) < 4.78 is 31.5. The molecule has 0 spiro atoms. The number of carboxylic acid groups (broad SMARTS) is 1. The molecule has 0 aliphatic heterocycles. The van der Waals surface area contributed by atoms with E-state index in [0.29, 0.717) is 0 Å². The Bertz CT molecular complexity index is 713. The lowest BCUT2D eigenvalue weighted by molar-refractivity contribution is -0.344. The summed E-state index contributed by atoms with van der Waals surface area (Å²) in [5.41, 5.74) is 0. The van der Waals surface area contributed by atoms with Crippen molar-refractivity contribution in [3.8, 4) is 0 Å². The molecule has 0 heterocycles. The Morgan fingerprint density at radius 1 is 0.654 bits per heavy atom. The average molecular weight is 376 g/mol. The van der Waals surface area contributed by atoms with E-state index in [9.17, 15) is 13.2 Å². The van der Waals surface area contributed by atoms with Crippen LogP contribution in [0.5, 0.6) is 0 Å². The Balaban J connectivity index is 0.000000298. The fourth-order valence-corrected chi connectivity index (χ4v) is 4.18. The third-order valence-corrected chi connectivity index (χ3v) is 5.40. The van der Waals surface area contributed by atoms with E-state index in [4.69, 9.17) is 9.90 Å². The number of hydrogen-bond acceptors (Lipinski definition) is 2. The zero-order valence-corrected chi connectivity index (χ0v) is 14.3. The van der Waals surface area contributed by atoms with Gasteiger partial charge in [0.1, 0.15) is 5.97 Å². The second kappa shape index (κ2) is 9.10. The molecule has 3 aromatic rings. The van der Waals surface area contributed by atoms with E-state index in [1.165, 1.54) is 14.7 Å². The van der Waals surface area contributed by atoms with Gasteiger partial charge in [-0.15, -0.1) is 0 Å². The highest BCUT2D eigenvalue weighted by Gasteiger charge is 2.29. The normalized spacial score (nSPS) is 10.8. The molecule has 0 aliphatic rings. The zero-order valence-electron chi connectivity index (χ0n) is 13.5. The minimum absolute atomic E-state index is 0.0146. The summed E-state index contributed by atoms with van der Waals surface area (Å²) in [6, 6.07) is 32.2. The van der Waals surface area contributed by atoms with Gasteiger partial charge in [-0.1, -0.05) is 54.6 Å². The summed E-state index contributed by atoms with van der Waals surface area (Å²) in [7, 11) is -0.0146. The van der Waals surface area contributed by atoms with E-state index in [-0.39, 0.29) is 10.9 Å². The van der Waals surface area contributed by atoms with Gasteiger partial charge in [0.05, 0.1) is 10.9 Å². The molecule has 2 nitrogen and oxygen atoms in total. The number of aliphatic carboxylic acids is 1. The number of benzene rings is 3. The first-order valence-corrected chi connectivity index (χ1v) is 8.79. The summed E-state index contributed by atoms with van der Waals surface area (Å²) in [5, 5.41) is 8.78. The van der Waals surface area contributed by atoms with Crippen LogP contribution in [0.25, 0.3) is 0 Å². The molecular formula is C20H15F3O2S. The van der Waals surface area contributed by atoms with Crippen molar-refractivity contribution < 1.29 is 23.1 Å². The summed E-state index contributed by atoms with van der Waals surface area (Å²) in [6.07, 6.45) is -5.19. The predicted octanol–water partition coefficient (Wildman–Crippen LogP) is 4.08. The predicted molar refractivity (Wildman–Crippen MR) is 92.6 cm³/mol. The van der Waals surface area contributed by atoms with Gasteiger partial charge in [-0.05, 0) is 36.4 Å². The molecule has 134 valence electrons. The number of carbonyl (C=O) groups is 1. The lowest BCUT2D eigenvalue weighted by atomic mass is 10.4. The first kappa shape index (κ1) is 19.6. The van der Waals surface area contributed by atoms with Crippen molar-refractivity contribution in [3.63, 3.8) is 0 Å². The summed E-state index contributed by atoms with van der Waals surface area (Å²) in [5.74, 6) is -3.01. The number of halogens is 3. The molecule has 0 saturated carbocycles. The molecule has 0 radical (unpaired) electrons. The van der Waals surface area contributed by atoms with Crippen LogP contribution in [0, 0.1) is 0 Å².